The number of likely N-dealkylation sites (tertiary alicyclic amines) is 1. The molecule has 0 bridgehead atoms. The summed E-state index contributed by atoms with van der Waals surface area (Å²) in [5.41, 5.74) is 2.37. The molecule has 0 amide bonds. The monoisotopic (exact) mass is 552 g/mol. The SMILES string of the molecule is CN=C(NCc1cccc(OC)c1OC)N1CC2OCCN(Cc3ccccc3)C2C1.I. The Morgan fingerprint density at radius 1 is 1.09 bits per heavy atom. The summed E-state index contributed by atoms with van der Waals surface area (Å²) >= 11 is 0. The Hall–Kier alpha value is -2.04. The molecule has 2 aliphatic heterocycles. The van der Waals surface area contributed by atoms with E-state index in [2.05, 4.69) is 50.4 Å². The third kappa shape index (κ3) is 5.47. The lowest BCUT2D eigenvalue weighted by atomic mass is 10.1. The van der Waals surface area contributed by atoms with Crippen molar-refractivity contribution < 1.29 is 14.2 Å². The number of morpholine rings is 1. The molecule has 2 aromatic carbocycles. The number of hydrogen-bond donors (Lipinski definition) is 1. The predicted molar refractivity (Wildman–Crippen MR) is 137 cm³/mol. The molecule has 2 fully saturated rings. The number of halogens is 1. The lowest BCUT2D eigenvalue weighted by Crippen LogP contribution is -2.50. The van der Waals surface area contributed by atoms with Crippen LogP contribution in [0.1, 0.15) is 11.1 Å². The highest BCUT2D eigenvalue weighted by Gasteiger charge is 2.41. The Kier molecular flexibility index (Phi) is 9.01. The summed E-state index contributed by atoms with van der Waals surface area (Å²) in [4.78, 5) is 9.38. The second kappa shape index (κ2) is 11.7. The average molecular weight is 552 g/mol. The van der Waals surface area contributed by atoms with Crippen molar-refractivity contribution in [3.05, 3.63) is 59.7 Å². The summed E-state index contributed by atoms with van der Waals surface area (Å²) in [5.74, 6) is 2.36. The number of fused-ring (bicyclic) bond motifs is 1. The summed E-state index contributed by atoms with van der Waals surface area (Å²) in [5, 5.41) is 3.49. The quantitative estimate of drug-likeness (QED) is 0.338. The molecule has 32 heavy (non-hydrogen) atoms. The van der Waals surface area contributed by atoms with Crippen molar-refractivity contribution in [1.29, 1.82) is 0 Å². The molecule has 0 radical (unpaired) electrons. The van der Waals surface area contributed by atoms with Gasteiger partial charge in [-0.15, -0.1) is 24.0 Å². The van der Waals surface area contributed by atoms with Gasteiger partial charge in [0.15, 0.2) is 17.5 Å². The molecule has 2 unspecified atom stereocenters. The molecule has 2 heterocycles. The number of ether oxygens (including phenoxy) is 3. The van der Waals surface area contributed by atoms with Crippen molar-refractivity contribution in [2.75, 3.05) is 47.5 Å². The number of nitrogens with zero attached hydrogens (tertiary/aromatic N) is 3. The van der Waals surface area contributed by atoms with Crippen LogP contribution >= 0.6 is 24.0 Å². The molecule has 174 valence electrons. The normalized spacial score (nSPS) is 21.0. The second-order valence-electron chi connectivity index (χ2n) is 7.89. The molecule has 1 N–H and O–H groups in total. The van der Waals surface area contributed by atoms with Gasteiger partial charge in [0.2, 0.25) is 0 Å². The standard InChI is InChI=1S/C24H32N4O3.HI/c1-25-24(26-14-19-10-7-11-21(29-2)23(19)30-3)28-16-20-22(17-28)31-13-12-27(20)15-18-8-5-4-6-9-18;/h4-11,20,22H,12-17H2,1-3H3,(H,25,26);1H. The Bertz CT molecular complexity index is 896. The number of methoxy groups -OCH3 is 2. The van der Waals surface area contributed by atoms with E-state index in [0.717, 1.165) is 55.8 Å². The second-order valence-corrected chi connectivity index (χ2v) is 7.89. The smallest absolute Gasteiger partial charge is 0.194 e. The van der Waals surface area contributed by atoms with E-state index < -0.39 is 0 Å². The fourth-order valence-corrected chi connectivity index (χ4v) is 4.54. The lowest BCUT2D eigenvalue weighted by molar-refractivity contribution is -0.0502. The highest BCUT2D eigenvalue weighted by molar-refractivity contribution is 14.0. The summed E-state index contributed by atoms with van der Waals surface area (Å²) in [6.07, 6.45) is 0.197. The first-order valence-corrected chi connectivity index (χ1v) is 10.8. The van der Waals surface area contributed by atoms with E-state index in [1.54, 1.807) is 14.2 Å². The van der Waals surface area contributed by atoms with E-state index in [-0.39, 0.29) is 30.1 Å². The van der Waals surface area contributed by atoms with Crippen molar-refractivity contribution in [3.8, 4) is 11.5 Å². The third-order valence-corrected chi connectivity index (χ3v) is 6.08. The molecule has 2 saturated heterocycles. The number of benzene rings is 2. The third-order valence-electron chi connectivity index (χ3n) is 6.08. The van der Waals surface area contributed by atoms with Gasteiger partial charge in [0.1, 0.15) is 0 Å². The maximum atomic E-state index is 6.12. The van der Waals surface area contributed by atoms with Gasteiger partial charge in [-0.2, -0.15) is 0 Å². The molecule has 0 aromatic heterocycles. The molecule has 0 aliphatic carbocycles. The van der Waals surface area contributed by atoms with Gasteiger partial charge in [0.05, 0.1) is 33.0 Å². The first-order valence-electron chi connectivity index (χ1n) is 10.8. The first kappa shape index (κ1) is 24.6. The highest BCUT2D eigenvalue weighted by Crippen LogP contribution is 2.30. The molecule has 8 heteroatoms. The maximum Gasteiger partial charge on any atom is 0.194 e. The number of guanidine groups is 1. The van der Waals surface area contributed by atoms with E-state index in [9.17, 15) is 0 Å². The van der Waals surface area contributed by atoms with Crippen LogP contribution in [-0.2, 0) is 17.8 Å². The lowest BCUT2D eigenvalue weighted by Gasteiger charge is -2.36. The van der Waals surface area contributed by atoms with E-state index in [1.807, 2.05) is 25.2 Å². The van der Waals surface area contributed by atoms with E-state index in [0.29, 0.717) is 12.6 Å². The van der Waals surface area contributed by atoms with E-state index in [1.165, 1.54) is 5.56 Å². The highest BCUT2D eigenvalue weighted by atomic mass is 127. The van der Waals surface area contributed by atoms with Crippen LogP contribution in [-0.4, -0.2) is 75.4 Å². The van der Waals surface area contributed by atoms with E-state index >= 15 is 0 Å². The van der Waals surface area contributed by atoms with Gasteiger partial charge >= 0.3 is 0 Å². The Balaban J connectivity index is 0.00000289. The van der Waals surface area contributed by atoms with Crippen molar-refractivity contribution in [2.24, 2.45) is 4.99 Å². The number of aliphatic imine (C=N–C) groups is 1. The zero-order valence-corrected chi connectivity index (χ0v) is 21.3. The van der Waals surface area contributed by atoms with E-state index in [4.69, 9.17) is 14.2 Å². The minimum Gasteiger partial charge on any atom is -0.493 e. The van der Waals surface area contributed by atoms with Crippen LogP contribution in [0.4, 0.5) is 0 Å². The van der Waals surface area contributed by atoms with Crippen LogP contribution in [0.15, 0.2) is 53.5 Å². The van der Waals surface area contributed by atoms with Gasteiger partial charge in [-0.05, 0) is 11.6 Å². The molecular formula is C24H33IN4O3. The summed E-state index contributed by atoms with van der Waals surface area (Å²) < 4.78 is 17.1. The number of hydrogen-bond acceptors (Lipinski definition) is 5. The number of para-hydroxylation sites is 1. The average Bonchev–Trinajstić information content (AvgIpc) is 3.25. The molecule has 2 aliphatic rings. The zero-order chi connectivity index (χ0) is 21.6. The number of rotatable bonds is 6. The topological polar surface area (TPSA) is 58.6 Å². The zero-order valence-electron chi connectivity index (χ0n) is 19.0. The first-order chi connectivity index (χ1) is 15.2. The van der Waals surface area contributed by atoms with Crippen LogP contribution in [0.5, 0.6) is 11.5 Å². The van der Waals surface area contributed by atoms with Gasteiger partial charge in [-0.25, -0.2) is 0 Å². The molecular weight excluding hydrogens is 519 g/mol. The largest absolute Gasteiger partial charge is 0.493 e. The van der Waals surface area contributed by atoms with Crippen LogP contribution < -0.4 is 14.8 Å². The predicted octanol–water partition coefficient (Wildman–Crippen LogP) is 2.98. The molecule has 0 spiro atoms. The molecule has 2 aromatic rings. The fourth-order valence-electron chi connectivity index (χ4n) is 4.54. The van der Waals surface area contributed by atoms with Gasteiger partial charge < -0.3 is 24.4 Å². The van der Waals surface area contributed by atoms with Crippen LogP contribution in [0.3, 0.4) is 0 Å². The Morgan fingerprint density at radius 2 is 1.91 bits per heavy atom. The minimum atomic E-state index is 0. The van der Waals surface area contributed by atoms with Crippen molar-refractivity contribution in [2.45, 2.75) is 25.2 Å². The van der Waals surface area contributed by atoms with Crippen molar-refractivity contribution >= 4 is 29.9 Å². The summed E-state index contributed by atoms with van der Waals surface area (Å²) in [6.45, 7) is 5.02. The van der Waals surface area contributed by atoms with Gasteiger partial charge in [0, 0.05) is 45.3 Å². The van der Waals surface area contributed by atoms with Gasteiger partial charge in [0.25, 0.3) is 0 Å². The van der Waals surface area contributed by atoms with Gasteiger partial charge in [-0.3, -0.25) is 9.89 Å². The van der Waals surface area contributed by atoms with Crippen LogP contribution in [0.2, 0.25) is 0 Å². The summed E-state index contributed by atoms with van der Waals surface area (Å²) in [7, 11) is 5.15. The number of nitrogens with one attached hydrogen (secondary N) is 1. The minimum absolute atomic E-state index is 0. The van der Waals surface area contributed by atoms with Gasteiger partial charge in [-0.1, -0.05) is 42.5 Å². The maximum absolute atomic E-state index is 6.12. The van der Waals surface area contributed by atoms with Crippen LogP contribution in [0.25, 0.3) is 0 Å². The van der Waals surface area contributed by atoms with Crippen LogP contribution in [0, 0.1) is 0 Å². The fraction of sp³-hybridized carbons (Fsp3) is 0.458. The van der Waals surface area contributed by atoms with Crippen molar-refractivity contribution in [3.63, 3.8) is 0 Å². The molecule has 0 saturated carbocycles. The molecule has 2 atom stereocenters. The molecule has 4 rings (SSSR count). The Morgan fingerprint density at radius 3 is 2.62 bits per heavy atom. The molecule has 7 nitrogen and oxygen atoms in total. The summed E-state index contributed by atoms with van der Waals surface area (Å²) in [6, 6.07) is 16.9. The Labute approximate surface area is 207 Å². The van der Waals surface area contributed by atoms with Crippen molar-refractivity contribution in [1.82, 2.24) is 15.1 Å².